The highest BCUT2D eigenvalue weighted by Gasteiger charge is 2.25. The molecule has 0 atom stereocenters. The monoisotopic (exact) mass is 341 g/mol. The molecule has 2 heterocycles. The van der Waals surface area contributed by atoms with Crippen LogP contribution in [0.4, 0.5) is 4.79 Å². The molecule has 1 aromatic carbocycles. The van der Waals surface area contributed by atoms with Crippen molar-refractivity contribution in [2.45, 2.75) is 39.2 Å². The molecule has 1 amide bonds. The van der Waals surface area contributed by atoms with E-state index in [4.69, 9.17) is 4.74 Å². The van der Waals surface area contributed by atoms with Gasteiger partial charge in [0.15, 0.2) is 0 Å². The molecular weight excluding hydrogens is 318 g/mol. The summed E-state index contributed by atoms with van der Waals surface area (Å²) in [7, 11) is 0. The summed E-state index contributed by atoms with van der Waals surface area (Å²) in [6.45, 7) is 6.48. The average Bonchev–Trinajstić information content (AvgIpc) is 2.77. The van der Waals surface area contributed by atoms with Gasteiger partial charge in [-0.05, 0) is 27.2 Å². The number of fused-ring (bicyclic) bond motifs is 1. The van der Waals surface area contributed by atoms with E-state index < -0.39 is 5.60 Å². The molecule has 0 bridgehead atoms. The zero-order valence-corrected chi connectivity index (χ0v) is 14.8. The fourth-order valence-corrected chi connectivity index (χ4v) is 2.85. The lowest BCUT2D eigenvalue weighted by Crippen LogP contribution is -2.38. The topological polar surface area (TPSA) is 75.3 Å². The van der Waals surface area contributed by atoms with Crippen LogP contribution in [0, 0.1) is 0 Å². The second kappa shape index (κ2) is 6.70. The molecule has 1 aliphatic heterocycles. The number of hydrogen-bond acceptors (Lipinski definition) is 4. The smallest absolute Gasteiger partial charge is 0.410 e. The molecular formula is C19H23N3O3. The Kier molecular flexibility index (Phi) is 4.61. The van der Waals surface area contributed by atoms with E-state index in [-0.39, 0.29) is 11.7 Å². The summed E-state index contributed by atoms with van der Waals surface area (Å²) in [6.07, 6.45) is 0.671. The summed E-state index contributed by atoms with van der Waals surface area (Å²) in [6, 6.07) is 9.56. The third-order valence-electron chi connectivity index (χ3n) is 4.05. The quantitative estimate of drug-likeness (QED) is 0.865. The normalized spacial score (nSPS) is 14.6. The molecule has 0 spiro atoms. The zero-order valence-electron chi connectivity index (χ0n) is 14.8. The predicted octanol–water partition coefficient (Wildman–Crippen LogP) is 2.77. The maximum absolute atomic E-state index is 12.5. The van der Waals surface area contributed by atoms with Gasteiger partial charge in [0.1, 0.15) is 11.4 Å². The van der Waals surface area contributed by atoms with Crippen LogP contribution in [0.5, 0.6) is 0 Å². The van der Waals surface area contributed by atoms with Crippen LogP contribution >= 0.6 is 0 Å². The standard InChI is InChI=1S/C19H23N3O3/c1-19(2,3)25-18(24)22-11-9-14-15(10-12-22)20-16(21-17(14)23)13-7-5-4-6-8-13/h4-8H,9-12H2,1-3H3,(H,20,21,23). The van der Waals surface area contributed by atoms with E-state index in [2.05, 4.69) is 9.97 Å². The second-order valence-electron chi connectivity index (χ2n) is 7.17. The Balaban J connectivity index is 1.84. The first-order chi connectivity index (χ1) is 11.8. The highest BCUT2D eigenvalue weighted by atomic mass is 16.6. The van der Waals surface area contributed by atoms with Gasteiger partial charge in [0.05, 0.1) is 5.69 Å². The van der Waals surface area contributed by atoms with E-state index in [9.17, 15) is 9.59 Å². The predicted molar refractivity (Wildman–Crippen MR) is 95.5 cm³/mol. The lowest BCUT2D eigenvalue weighted by molar-refractivity contribution is 0.0258. The number of aromatic amines is 1. The first-order valence-electron chi connectivity index (χ1n) is 8.49. The van der Waals surface area contributed by atoms with Crippen LogP contribution < -0.4 is 5.56 Å². The second-order valence-corrected chi connectivity index (χ2v) is 7.17. The third-order valence-corrected chi connectivity index (χ3v) is 4.05. The SMILES string of the molecule is CC(C)(C)OC(=O)N1CCc2nc(-c3ccccc3)[nH]c(=O)c2CC1. The van der Waals surface area contributed by atoms with Crippen molar-refractivity contribution in [3.05, 3.63) is 51.9 Å². The number of rotatable bonds is 1. The number of carbonyl (C=O) groups is 1. The van der Waals surface area contributed by atoms with Crippen LogP contribution in [0.2, 0.25) is 0 Å². The minimum atomic E-state index is -0.535. The van der Waals surface area contributed by atoms with Crippen molar-refractivity contribution < 1.29 is 9.53 Å². The molecule has 0 radical (unpaired) electrons. The fraction of sp³-hybridized carbons (Fsp3) is 0.421. The minimum Gasteiger partial charge on any atom is -0.444 e. The Bertz CT molecular complexity index is 822. The Morgan fingerprint density at radius 3 is 2.52 bits per heavy atom. The summed E-state index contributed by atoms with van der Waals surface area (Å²) in [5.41, 5.74) is 1.62. The van der Waals surface area contributed by atoms with Gasteiger partial charge in [-0.3, -0.25) is 4.79 Å². The molecule has 1 N–H and O–H groups in total. The summed E-state index contributed by atoms with van der Waals surface area (Å²) in [4.78, 5) is 33.9. The first kappa shape index (κ1) is 17.2. The number of ether oxygens (including phenoxy) is 1. The van der Waals surface area contributed by atoms with E-state index in [1.807, 2.05) is 51.1 Å². The summed E-state index contributed by atoms with van der Waals surface area (Å²) >= 11 is 0. The van der Waals surface area contributed by atoms with Gasteiger partial charge in [0.25, 0.3) is 5.56 Å². The van der Waals surface area contributed by atoms with Crippen molar-refractivity contribution in [3.8, 4) is 11.4 Å². The van der Waals surface area contributed by atoms with E-state index in [1.165, 1.54) is 0 Å². The van der Waals surface area contributed by atoms with Gasteiger partial charge in [-0.25, -0.2) is 9.78 Å². The van der Waals surface area contributed by atoms with E-state index >= 15 is 0 Å². The van der Waals surface area contributed by atoms with Crippen LogP contribution in [0.25, 0.3) is 11.4 Å². The van der Waals surface area contributed by atoms with Crippen LogP contribution in [-0.2, 0) is 17.6 Å². The number of aromatic nitrogens is 2. The van der Waals surface area contributed by atoms with Crippen molar-refractivity contribution >= 4 is 6.09 Å². The lowest BCUT2D eigenvalue weighted by atomic mass is 10.1. The summed E-state index contributed by atoms with van der Waals surface area (Å²) < 4.78 is 5.44. The molecule has 0 saturated heterocycles. The number of hydrogen-bond donors (Lipinski definition) is 1. The Hall–Kier alpha value is -2.63. The number of amides is 1. The van der Waals surface area contributed by atoms with Gasteiger partial charge in [0, 0.05) is 30.6 Å². The number of nitrogens with one attached hydrogen (secondary N) is 1. The minimum absolute atomic E-state index is 0.130. The maximum atomic E-state index is 12.5. The van der Waals surface area contributed by atoms with Crippen molar-refractivity contribution in [1.82, 2.24) is 14.9 Å². The summed E-state index contributed by atoms with van der Waals surface area (Å²) in [5.74, 6) is 0.565. The van der Waals surface area contributed by atoms with E-state index in [0.29, 0.717) is 37.3 Å². The first-order valence-corrected chi connectivity index (χ1v) is 8.49. The third kappa shape index (κ3) is 4.07. The molecule has 1 aliphatic rings. The van der Waals surface area contributed by atoms with Crippen LogP contribution in [0.3, 0.4) is 0 Å². The van der Waals surface area contributed by atoms with Gasteiger partial charge in [-0.1, -0.05) is 30.3 Å². The molecule has 0 fully saturated rings. The maximum Gasteiger partial charge on any atom is 0.410 e. The highest BCUT2D eigenvalue weighted by molar-refractivity contribution is 5.68. The molecule has 0 aliphatic carbocycles. The van der Waals surface area contributed by atoms with Crippen molar-refractivity contribution in [1.29, 1.82) is 0 Å². The average molecular weight is 341 g/mol. The lowest BCUT2D eigenvalue weighted by Gasteiger charge is -2.26. The molecule has 6 nitrogen and oxygen atoms in total. The molecule has 6 heteroatoms. The van der Waals surface area contributed by atoms with Crippen molar-refractivity contribution in [3.63, 3.8) is 0 Å². The molecule has 132 valence electrons. The van der Waals surface area contributed by atoms with Gasteiger partial charge in [-0.15, -0.1) is 0 Å². The fourth-order valence-electron chi connectivity index (χ4n) is 2.85. The van der Waals surface area contributed by atoms with Gasteiger partial charge in [0.2, 0.25) is 0 Å². The van der Waals surface area contributed by atoms with E-state index in [1.54, 1.807) is 4.90 Å². The largest absolute Gasteiger partial charge is 0.444 e. The Morgan fingerprint density at radius 2 is 1.84 bits per heavy atom. The summed E-state index contributed by atoms with van der Waals surface area (Å²) in [5, 5.41) is 0. The van der Waals surface area contributed by atoms with Gasteiger partial charge < -0.3 is 14.6 Å². The van der Waals surface area contributed by atoms with Crippen LogP contribution in [-0.4, -0.2) is 39.7 Å². The molecule has 1 aromatic heterocycles. The molecule has 25 heavy (non-hydrogen) atoms. The zero-order chi connectivity index (χ0) is 18.0. The molecule has 0 unspecified atom stereocenters. The number of H-pyrrole nitrogens is 1. The van der Waals surface area contributed by atoms with E-state index in [0.717, 1.165) is 11.3 Å². The Morgan fingerprint density at radius 1 is 1.16 bits per heavy atom. The Labute approximate surface area is 146 Å². The van der Waals surface area contributed by atoms with Crippen LogP contribution in [0.1, 0.15) is 32.0 Å². The molecule has 0 saturated carbocycles. The van der Waals surface area contributed by atoms with Gasteiger partial charge >= 0.3 is 6.09 Å². The number of benzene rings is 1. The van der Waals surface area contributed by atoms with Crippen LogP contribution in [0.15, 0.2) is 35.1 Å². The number of carbonyl (C=O) groups excluding carboxylic acids is 1. The van der Waals surface area contributed by atoms with Crippen molar-refractivity contribution in [2.24, 2.45) is 0 Å². The van der Waals surface area contributed by atoms with Crippen molar-refractivity contribution in [2.75, 3.05) is 13.1 Å². The number of nitrogens with zero attached hydrogens (tertiary/aromatic N) is 2. The molecule has 3 rings (SSSR count). The van der Waals surface area contributed by atoms with Gasteiger partial charge in [-0.2, -0.15) is 0 Å². The molecule has 2 aromatic rings. The highest BCUT2D eigenvalue weighted by Crippen LogP contribution is 2.18.